The smallest absolute Gasteiger partial charge is 0.251 e. The Morgan fingerprint density at radius 1 is 0.846 bits per heavy atom. The number of aliphatic hydroxyl groups is 2. The summed E-state index contributed by atoms with van der Waals surface area (Å²) in [4.78, 5) is 40.4. The molecule has 1 heterocycles. The van der Waals surface area contributed by atoms with Crippen LogP contribution in [0.2, 0.25) is 0 Å². The molecule has 9 heteroatoms. The van der Waals surface area contributed by atoms with Crippen molar-refractivity contribution >= 4 is 28.7 Å². The number of nitrogens with one attached hydrogen (secondary N) is 3. The van der Waals surface area contributed by atoms with Gasteiger partial charge >= 0.3 is 0 Å². The van der Waals surface area contributed by atoms with Gasteiger partial charge in [-0.2, -0.15) is 0 Å². The molecule has 4 rings (SSSR count). The van der Waals surface area contributed by atoms with Crippen LogP contribution in [0.15, 0.2) is 91.1 Å². The topological polar surface area (TPSA) is 155 Å². The number of H-pyrrole nitrogens is 1. The fraction of sp³-hybridized carbons (Fsp3) is 0.233. The Balaban J connectivity index is 1.42. The highest BCUT2D eigenvalue weighted by atomic mass is 16.5. The Hall–Kier alpha value is -4.47. The molecule has 202 valence electrons. The second-order valence-corrected chi connectivity index (χ2v) is 9.46. The van der Waals surface area contributed by atoms with Gasteiger partial charge in [-0.25, -0.2) is 0 Å². The van der Waals surface area contributed by atoms with Gasteiger partial charge in [-0.15, -0.1) is 0 Å². The summed E-state index contributed by atoms with van der Waals surface area (Å²) < 4.78 is 0. The minimum absolute atomic E-state index is 0.00869. The van der Waals surface area contributed by atoms with Crippen molar-refractivity contribution in [1.82, 2.24) is 15.6 Å². The summed E-state index contributed by atoms with van der Waals surface area (Å²) in [6.45, 7) is 0. The lowest BCUT2D eigenvalue weighted by molar-refractivity contribution is -0.308. The van der Waals surface area contributed by atoms with Crippen molar-refractivity contribution in [1.29, 1.82) is 0 Å². The Morgan fingerprint density at radius 2 is 1.49 bits per heavy atom. The van der Waals surface area contributed by atoms with Crippen molar-refractivity contribution in [2.75, 3.05) is 0 Å². The van der Waals surface area contributed by atoms with Crippen LogP contribution in [0.3, 0.4) is 0 Å². The summed E-state index contributed by atoms with van der Waals surface area (Å²) in [6.07, 6.45) is 0.930. The molecule has 0 aliphatic heterocycles. The van der Waals surface area contributed by atoms with Gasteiger partial charge in [-0.3, -0.25) is 9.59 Å². The monoisotopic (exact) mass is 528 g/mol. The highest BCUT2D eigenvalue weighted by molar-refractivity contribution is 5.94. The molecule has 0 aliphatic carbocycles. The van der Waals surface area contributed by atoms with E-state index in [-0.39, 0.29) is 12.8 Å². The zero-order chi connectivity index (χ0) is 27.8. The summed E-state index contributed by atoms with van der Waals surface area (Å²) in [6, 6.07) is 22.3. The first-order valence-corrected chi connectivity index (χ1v) is 12.6. The third-order valence-electron chi connectivity index (χ3n) is 6.62. The van der Waals surface area contributed by atoms with Crippen molar-refractivity contribution in [2.45, 2.75) is 43.6 Å². The van der Waals surface area contributed by atoms with Crippen LogP contribution in [0.4, 0.5) is 0 Å². The molecular formula is C30H30N3O6-. The molecule has 3 aromatic carbocycles. The first kappa shape index (κ1) is 27.6. The summed E-state index contributed by atoms with van der Waals surface area (Å²) in [5.41, 5.74) is 2.63. The minimum Gasteiger partial charge on any atom is -0.548 e. The number of carboxylic acid groups (broad SMARTS) is 1. The predicted octanol–water partition coefficient (Wildman–Crippen LogP) is 1.45. The van der Waals surface area contributed by atoms with Gasteiger partial charge in [0.25, 0.3) is 5.91 Å². The predicted molar refractivity (Wildman–Crippen MR) is 143 cm³/mol. The molecule has 0 saturated heterocycles. The van der Waals surface area contributed by atoms with E-state index in [0.29, 0.717) is 11.1 Å². The fourth-order valence-electron chi connectivity index (χ4n) is 4.46. The summed E-state index contributed by atoms with van der Waals surface area (Å²) in [7, 11) is 0. The number of rotatable bonds is 12. The van der Waals surface area contributed by atoms with Crippen LogP contribution in [0, 0.1) is 0 Å². The minimum atomic E-state index is -2.47. The molecule has 0 bridgehead atoms. The van der Waals surface area contributed by atoms with Crippen molar-refractivity contribution in [2.24, 2.45) is 0 Å². The van der Waals surface area contributed by atoms with Crippen molar-refractivity contribution in [3.05, 3.63) is 108 Å². The third-order valence-corrected chi connectivity index (χ3v) is 6.62. The van der Waals surface area contributed by atoms with Gasteiger partial charge in [-0.1, -0.05) is 66.7 Å². The maximum atomic E-state index is 12.8. The van der Waals surface area contributed by atoms with Crippen molar-refractivity contribution in [3.63, 3.8) is 0 Å². The van der Waals surface area contributed by atoms with Gasteiger partial charge in [0.2, 0.25) is 5.91 Å². The number of carbonyl (C=O) groups excluding carboxylic acids is 3. The molecule has 9 nitrogen and oxygen atoms in total. The second kappa shape index (κ2) is 12.4. The molecule has 0 saturated carbocycles. The Morgan fingerprint density at radius 3 is 2.18 bits per heavy atom. The van der Waals surface area contributed by atoms with E-state index in [0.717, 1.165) is 16.5 Å². The third kappa shape index (κ3) is 7.31. The Kier molecular flexibility index (Phi) is 8.75. The number of hydrogen-bond acceptors (Lipinski definition) is 6. The van der Waals surface area contributed by atoms with E-state index >= 15 is 0 Å². The van der Waals surface area contributed by atoms with E-state index in [1.54, 1.807) is 60.8 Å². The number of para-hydroxylation sites is 1. The Bertz CT molecular complexity index is 1420. The van der Waals surface area contributed by atoms with Gasteiger partial charge in [-0.05, 0) is 35.7 Å². The lowest BCUT2D eigenvalue weighted by Crippen LogP contribution is -2.55. The summed E-state index contributed by atoms with van der Waals surface area (Å²) in [5.74, 6) is -5.11. The average Bonchev–Trinajstić information content (AvgIpc) is 3.35. The van der Waals surface area contributed by atoms with Crippen molar-refractivity contribution < 1.29 is 29.7 Å². The molecule has 39 heavy (non-hydrogen) atoms. The molecule has 4 aromatic rings. The lowest BCUT2D eigenvalue weighted by Gasteiger charge is -2.32. The number of benzene rings is 3. The van der Waals surface area contributed by atoms with Gasteiger partial charge in [0.15, 0.2) is 5.79 Å². The van der Waals surface area contributed by atoms with Gasteiger partial charge in [0, 0.05) is 41.9 Å². The average molecular weight is 529 g/mol. The number of aliphatic carboxylic acids is 1. The lowest BCUT2D eigenvalue weighted by atomic mass is 9.94. The number of aromatic nitrogens is 1. The van der Waals surface area contributed by atoms with Crippen LogP contribution in [-0.2, 0) is 22.4 Å². The number of carbonyl (C=O) groups is 3. The quantitative estimate of drug-likeness (QED) is 0.175. The molecular weight excluding hydrogens is 498 g/mol. The number of hydrogen-bond donors (Lipinski definition) is 5. The summed E-state index contributed by atoms with van der Waals surface area (Å²) >= 11 is 0. The second-order valence-electron chi connectivity index (χ2n) is 9.46. The van der Waals surface area contributed by atoms with Gasteiger partial charge in [0.1, 0.15) is 0 Å². The van der Waals surface area contributed by atoms with Crippen LogP contribution in [0.5, 0.6) is 0 Å². The van der Waals surface area contributed by atoms with Gasteiger partial charge in [0.05, 0.1) is 18.1 Å². The molecule has 0 fully saturated rings. The number of carboxylic acids is 1. The van der Waals surface area contributed by atoms with E-state index in [1.807, 2.05) is 30.3 Å². The van der Waals surface area contributed by atoms with Crippen LogP contribution < -0.4 is 15.7 Å². The normalized spacial score (nSPS) is 13.0. The van der Waals surface area contributed by atoms with Crippen molar-refractivity contribution in [3.8, 4) is 0 Å². The summed E-state index contributed by atoms with van der Waals surface area (Å²) in [5, 5.41) is 39.7. The molecule has 0 radical (unpaired) electrons. The zero-order valence-corrected chi connectivity index (χ0v) is 21.2. The van der Waals surface area contributed by atoms with Crippen LogP contribution in [0.25, 0.3) is 10.9 Å². The highest BCUT2D eigenvalue weighted by Gasteiger charge is 2.36. The van der Waals surface area contributed by atoms with E-state index in [4.69, 9.17) is 0 Å². The van der Waals surface area contributed by atoms with Crippen LogP contribution in [-0.4, -0.2) is 50.9 Å². The van der Waals surface area contributed by atoms with E-state index in [2.05, 4.69) is 15.6 Å². The molecule has 0 aliphatic rings. The maximum Gasteiger partial charge on any atom is 0.251 e. The largest absolute Gasteiger partial charge is 0.548 e. The van der Waals surface area contributed by atoms with E-state index < -0.39 is 48.5 Å². The molecule has 1 aromatic heterocycles. The SMILES string of the molecule is O=C(CCC(O)(O)[C@H](Cc1ccccc1)NC(=O)c1ccccc1)N[C@@H](Cc1c[nH]c2ccccc12)C(=O)[O-]. The fourth-order valence-corrected chi connectivity index (χ4v) is 4.46. The van der Waals surface area contributed by atoms with E-state index in [1.165, 1.54) is 0 Å². The molecule has 5 N–H and O–H groups in total. The standard InChI is InChI=1S/C30H31N3O6/c34-27(32-25(29(36)37)18-22-19-31-24-14-8-7-13-23(22)24)15-16-30(38,39)26(17-20-9-3-1-4-10-20)33-28(35)21-11-5-2-6-12-21/h1-14,19,25-26,31,38-39H,15-18H2,(H,32,34)(H,33,35)(H,36,37)/p-1/t25-,26-/m0/s1. The first-order valence-electron chi connectivity index (χ1n) is 12.6. The highest BCUT2D eigenvalue weighted by Crippen LogP contribution is 2.21. The number of fused-ring (bicyclic) bond motifs is 1. The van der Waals surface area contributed by atoms with E-state index in [9.17, 15) is 29.7 Å². The van der Waals surface area contributed by atoms with Crippen LogP contribution >= 0.6 is 0 Å². The van der Waals surface area contributed by atoms with Gasteiger partial charge < -0.3 is 35.7 Å². The molecule has 0 spiro atoms. The molecule has 2 atom stereocenters. The molecule has 2 amide bonds. The first-order chi connectivity index (χ1) is 18.7. The maximum absolute atomic E-state index is 12.8. The zero-order valence-electron chi connectivity index (χ0n) is 21.2. The molecule has 0 unspecified atom stereocenters. The Labute approximate surface area is 225 Å². The van der Waals surface area contributed by atoms with Crippen LogP contribution in [0.1, 0.15) is 34.3 Å². The number of amides is 2. The number of aromatic amines is 1.